The van der Waals surface area contributed by atoms with E-state index in [-0.39, 0.29) is 5.91 Å². The Hall–Kier alpha value is -3.41. The van der Waals surface area contributed by atoms with Gasteiger partial charge >= 0.3 is 0 Å². The number of carbonyl (C=O) groups excluding carboxylic acids is 1. The highest BCUT2D eigenvalue weighted by Gasteiger charge is 2.24. The predicted octanol–water partition coefficient (Wildman–Crippen LogP) is 2.63. The van der Waals surface area contributed by atoms with Crippen molar-refractivity contribution in [1.29, 1.82) is 5.26 Å². The summed E-state index contributed by atoms with van der Waals surface area (Å²) in [6.45, 7) is 2.29. The van der Waals surface area contributed by atoms with Gasteiger partial charge in [-0.05, 0) is 43.4 Å². The van der Waals surface area contributed by atoms with Crippen LogP contribution < -0.4 is 10.6 Å². The number of likely N-dealkylation sites (tertiary alicyclic amines) is 1. The number of nitriles is 1. The van der Waals surface area contributed by atoms with Gasteiger partial charge in [-0.1, -0.05) is 12.8 Å². The molecule has 9 heteroatoms. The number of amides is 1. The van der Waals surface area contributed by atoms with Gasteiger partial charge in [-0.2, -0.15) is 15.5 Å². The van der Waals surface area contributed by atoms with Gasteiger partial charge in [0, 0.05) is 19.6 Å². The molecule has 0 bridgehead atoms. The standard InChI is InChI=1S/C20H25N7O2/c21-15-23-20(26-17-6-10-24-25-14-17)22-9-2-1-4-16-7-11-27(12-8-16)19(28)18-5-3-13-29-18/h3,5-6,10,13-14,16H,1-2,4,7-9,11-12H2,(H2,22,23,24,26). The van der Waals surface area contributed by atoms with Gasteiger partial charge in [-0.25, -0.2) is 0 Å². The Bertz CT molecular complexity index is 822. The van der Waals surface area contributed by atoms with E-state index in [4.69, 9.17) is 9.68 Å². The second kappa shape index (κ2) is 10.8. The largest absolute Gasteiger partial charge is 0.459 e. The third kappa shape index (κ3) is 6.31. The van der Waals surface area contributed by atoms with Crippen molar-refractivity contribution in [3.8, 4) is 6.19 Å². The van der Waals surface area contributed by atoms with Crippen LogP contribution in [-0.2, 0) is 0 Å². The summed E-state index contributed by atoms with van der Waals surface area (Å²) in [4.78, 5) is 17.9. The second-order valence-corrected chi connectivity index (χ2v) is 6.95. The molecule has 0 aliphatic carbocycles. The smallest absolute Gasteiger partial charge is 0.289 e. The van der Waals surface area contributed by atoms with Gasteiger partial charge in [0.25, 0.3) is 5.91 Å². The molecule has 0 saturated carbocycles. The van der Waals surface area contributed by atoms with Gasteiger partial charge in [0.15, 0.2) is 5.76 Å². The lowest BCUT2D eigenvalue weighted by Crippen LogP contribution is -2.38. The van der Waals surface area contributed by atoms with Gasteiger partial charge < -0.3 is 20.0 Å². The summed E-state index contributed by atoms with van der Waals surface area (Å²) >= 11 is 0. The van der Waals surface area contributed by atoms with Crippen LogP contribution >= 0.6 is 0 Å². The van der Waals surface area contributed by atoms with Crippen LogP contribution in [0.2, 0.25) is 0 Å². The fourth-order valence-electron chi connectivity index (χ4n) is 3.41. The van der Waals surface area contributed by atoms with Crippen LogP contribution in [0.1, 0.15) is 42.7 Å². The molecule has 0 unspecified atom stereocenters. The molecule has 1 saturated heterocycles. The lowest BCUT2D eigenvalue weighted by atomic mass is 9.91. The van der Waals surface area contributed by atoms with E-state index in [1.165, 1.54) is 6.26 Å². The third-order valence-electron chi connectivity index (χ3n) is 4.97. The number of nitrogens with zero attached hydrogens (tertiary/aromatic N) is 5. The first-order chi connectivity index (χ1) is 14.3. The van der Waals surface area contributed by atoms with Gasteiger partial charge in [-0.15, -0.1) is 4.99 Å². The zero-order valence-corrected chi connectivity index (χ0v) is 16.3. The van der Waals surface area contributed by atoms with Gasteiger partial charge in [0.2, 0.25) is 12.2 Å². The Morgan fingerprint density at radius 2 is 2.17 bits per heavy atom. The van der Waals surface area contributed by atoms with Crippen LogP contribution in [0.3, 0.4) is 0 Å². The zero-order valence-electron chi connectivity index (χ0n) is 16.3. The monoisotopic (exact) mass is 395 g/mol. The molecule has 9 nitrogen and oxygen atoms in total. The second-order valence-electron chi connectivity index (χ2n) is 6.95. The minimum Gasteiger partial charge on any atom is -0.459 e. The molecule has 3 heterocycles. The number of aromatic nitrogens is 2. The normalized spacial score (nSPS) is 15.0. The average Bonchev–Trinajstić information content (AvgIpc) is 3.29. The number of anilines is 1. The van der Waals surface area contributed by atoms with E-state index in [1.807, 2.05) is 4.90 Å². The van der Waals surface area contributed by atoms with Gasteiger partial charge in [-0.3, -0.25) is 4.79 Å². The Morgan fingerprint density at radius 3 is 2.86 bits per heavy atom. The number of furan rings is 1. The molecule has 2 aromatic rings. The quantitative estimate of drug-likeness (QED) is 0.320. The number of nitrogens with one attached hydrogen (secondary N) is 2. The zero-order chi connectivity index (χ0) is 20.3. The lowest BCUT2D eigenvalue weighted by Gasteiger charge is -2.31. The summed E-state index contributed by atoms with van der Waals surface area (Å²) in [5.74, 6) is 1.45. The fraction of sp³-hybridized carbons (Fsp3) is 0.450. The van der Waals surface area contributed by atoms with E-state index in [0.717, 1.165) is 57.4 Å². The van der Waals surface area contributed by atoms with E-state index in [1.54, 1.807) is 36.8 Å². The molecule has 2 N–H and O–H groups in total. The molecular formula is C20H25N7O2. The summed E-state index contributed by atoms with van der Waals surface area (Å²) in [5, 5.41) is 22.5. The number of hydrogen-bond donors (Lipinski definition) is 2. The van der Waals surface area contributed by atoms with Crippen molar-refractivity contribution in [3.05, 3.63) is 42.6 Å². The van der Waals surface area contributed by atoms with Crippen molar-refractivity contribution >= 4 is 17.6 Å². The van der Waals surface area contributed by atoms with Crippen molar-refractivity contribution < 1.29 is 9.21 Å². The van der Waals surface area contributed by atoms with Crippen molar-refractivity contribution in [2.75, 3.05) is 25.0 Å². The number of rotatable bonds is 7. The summed E-state index contributed by atoms with van der Waals surface area (Å²) in [6, 6.07) is 5.21. The molecule has 0 aromatic carbocycles. The summed E-state index contributed by atoms with van der Waals surface area (Å²) in [5.41, 5.74) is 0.720. The highest BCUT2D eigenvalue weighted by Crippen LogP contribution is 2.23. The van der Waals surface area contributed by atoms with Crippen molar-refractivity contribution in [2.24, 2.45) is 10.9 Å². The summed E-state index contributed by atoms with van der Waals surface area (Å²) in [6.07, 6.45) is 11.7. The van der Waals surface area contributed by atoms with Crippen LogP contribution in [-0.4, -0.2) is 46.6 Å². The number of piperidine rings is 1. The number of aliphatic imine (C=N–C) groups is 1. The van der Waals surface area contributed by atoms with E-state index in [9.17, 15) is 4.79 Å². The number of hydrogen-bond acceptors (Lipinski definition) is 6. The molecule has 0 atom stereocenters. The maximum absolute atomic E-state index is 12.3. The molecule has 2 aromatic heterocycles. The van der Waals surface area contributed by atoms with Crippen molar-refractivity contribution in [2.45, 2.75) is 32.1 Å². The minimum atomic E-state index is -0.0149. The Balaban J connectivity index is 1.31. The number of unbranched alkanes of at least 4 members (excludes halogenated alkanes) is 1. The lowest BCUT2D eigenvalue weighted by molar-refractivity contribution is 0.0654. The van der Waals surface area contributed by atoms with E-state index < -0.39 is 0 Å². The van der Waals surface area contributed by atoms with Gasteiger partial charge in [0.1, 0.15) is 0 Å². The first kappa shape index (κ1) is 20.3. The number of guanidine groups is 1. The maximum atomic E-state index is 12.3. The van der Waals surface area contributed by atoms with Crippen LogP contribution in [0.5, 0.6) is 0 Å². The topological polar surface area (TPSA) is 119 Å². The van der Waals surface area contributed by atoms with E-state index in [0.29, 0.717) is 17.6 Å². The molecule has 29 heavy (non-hydrogen) atoms. The van der Waals surface area contributed by atoms with Crippen LogP contribution in [0.25, 0.3) is 0 Å². The molecule has 1 aliphatic rings. The molecule has 3 rings (SSSR count). The molecule has 0 radical (unpaired) electrons. The van der Waals surface area contributed by atoms with Crippen molar-refractivity contribution in [3.63, 3.8) is 0 Å². The molecule has 1 amide bonds. The third-order valence-corrected chi connectivity index (χ3v) is 4.97. The van der Waals surface area contributed by atoms with Crippen LogP contribution in [0.4, 0.5) is 5.69 Å². The molecule has 152 valence electrons. The van der Waals surface area contributed by atoms with Crippen molar-refractivity contribution in [1.82, 2.24) is 20.4 Å². The minimum absolute atomic E-state index is 0.0149. The SMILES string of the molecule is N#C/N=C(\NCCCCC1CCN(C(=O)c2ccco2)CC1)Nc1ccnnc1. The van der Waals surface area contributed by atoms with E-state index >= 15 is 0 Å². The Kier molecular flexibility index (Phi) is 7.57. The molecular weight excluding hydrogens is 370 g/mol. The number of carbonyl (C=O) groups is 1. The Morgan fingerprint density at radius 1 is 1.31 bits per heavy atom. The van der Waals surface area contributed by atoms with Gasteiger partial charge in [0.05, 0.1) is 24.3 Å². The average molecular weight is 395 g/mol. The molecule has 1 aliphatic heterocycles. The first-order valence-electron chi connectivity index (χ1n) is 9.83. The highest BCUT2D eigenvalue weighted by atomic mass is 16.3. The van der Waals surface area contributed by atoms with Crippen LogP contribution in [0.15, 0.2) is 46.3 Å². The molecule has 1 fully saturated rings. The summed E-state index contributed by atoms with van der Waals surface area (Å²) in [7, 11) is 0. The fourth-order valence-corrected chi connectivity index (χ4v) is 3.41. The van der Waals surface area contributed by atoms with E-state index in [2.05, 4.69) is 25.8 Å². The highest BCUT2D eigenvalue weighted by molar-refractivity contribution is 5.94. The predicted molar refractivity (Wildman–Crippen MR) is 108 cm³/mol. The summed E-state index contributed by atoms with van der Waals surface area (Å²) < 4.78 is 5.20. The maximum Gasteiger partial charge on any atom is 0.289 e. The Labute approximate surface area is 169 Å². The molecule has 0 spiro atoms. The van der Waals surface area contributed by atoms with Crippen LogP contribution in [0, 0.1) is 17.4 Å². The first-order valence-corrected chi connectivity index (χ1v) is 9.83.